The van der Waals surface area contributed by atoms with Gasteiger partial charge in [0, 0.05) is 27.9 Å². The average molecular weight is 429 g/mol. The van der Waals surface area contributed by atoms with Crippen molar-refractivity contribution in [1.82, 2.24) is 0 Å². The highest BCUT2D eigenvalue weighted by atomic mass is 35.5. The maximum Gasteiger partial charge on any atom is 0.265 e. The standard InChI is InChI=1S/C21H17ClN2O4S/c1-28-16-6-4-5-15(12-16)23-21(25)13-24-19-10-9-14(22)11-18(19)17-7-2-3-8-20(17)29(24,26)27/h2-12H,13H2,1H3,(H,23,25). The Bertz CT molecular complexity index is 1210. The van der Waals surface area contributed by atoms with Crippen LogP contribution in [0.4, 0.5) is 11.4 Å². The van der Waals surface area contributed by atoms with Crippen molar-refractivity contribution in [3.8, 4) is 16.9 Å². The summed E-state index contributed by atoms with van der Waals surface area (Å²) in [6, 6.07) is 18.5. The van der Waals surface area contributed by atoms with Crippen LogP contribution in [0.15, 0.2) is 71.6 Å². The highest BCUT2D eigenvalue weighted by Crippen LogP contribution is 2.43. The lowest BCUT2D eigenvalue weighted by molar-refractivity contribution is -0.114. The smallest absolute Gasteiger partial charge is 0.265 e. The van der Waals surface area contributed by atoms with Gasteiger partial charge in [0.05, 0.1) is 17.7 Å². The molecule has 3 aromatic carbocycles. The second kappa shape index (κ2) is 7.42. The molecule has 148 valence electrons. The summed E-state index contributed by atoms with van der Waals surface area (Å²) in [5.74, 6) is 0.115. The van der Waals surface area contributed by atoms with E-state index in [0.717, 1.165) is 4.31 Å². The van der Waals surface area contributed by atoms with E-state index in [1.165, 1.54) is 13.2 Å². The number of halogens is 1. The first-order valence-corrected chi connectivity index (χ1v) is 10.6. The Morgan fingerprint density at radius 3 is 2.62 bits per heavy atom. The number of fused-ring (bicyclic) bond motifs is 3. The molecule has 0 saturated heterocycles. The van der Waals surface area contributed by atoms with E-state index in [9.17, 15) is 13.2 Å². The van der Waals surface area contributed by atoms with Gasteiger partial charge in [0.1, 0.15) is 12.3 Å². The molecule has 29 heavy (non-hydrogen) atoms. The van der Waals surface area contributed by atoms with Crippen molar-refractivity contribution in [2.24, 2.45) is 0 Å². The van der Waals surface area contributed by atoms with Crippen LogP contribution >= 0.6 is 11.6 Å². The fraction of sp³-hybridized carbons (Fsp3) is 0.0952. The van der Waals surface area contributed by atoms with Crippen LogP contribution in [-0.4, -0.2) is 28.0 Å². The third kappa shape index (κ3) is 3.54. The van der Waals surface area contributed by atoms with E-state index in [-0.39, 0.29) is 11.4 Å². The molecule has 1 aliphatic heterocycles. The minimum atomic E-state index is -3.90. The fourth-order valence-electron chi connectivity index (χ4n) is 3.31. The normalized spacial score (nSPS) is 13.9. The lowest BCUT2D eigenvalue weighted by Gasteiger charge is -2.31. The maximum atomic E-state index is 13.2. The van der Waals surface area contributed by atoms with Gasteiger partial charge in [-0.05, 0) is 36.4 Å². The second-order valence-corrected chi connectivity index (χ2v) is 8.72. The third-order valence-electron chi connectivity index (χ3n) is 4.61. The molecular weight excluding hydrogens is 412 g/mol. The van der Waals surface area contributed by atoms with Crippen molar-refractivity contribution < 1.29 is 17.9 Å². The first kappa shape index (κ1) is 19.3. The van der Waals surface area contributed by atoms with Gasteiger partial charge in [-0.1, -0.05) is 35.9 Å². The molecule has 3 aromatic rings. The molecule has 8 heteroatoms. The number of nitrogens with zero attached hydrogens (tertiary/aromatic N) is 1. The Labute approximate surface area is 173 Å². The molecule has 1 amide bonds. The summed E-state index contributed by atoms with van der Waals surface area (Å²) < 4.78 is 32.7. The van der Waals surface area contributed by atoms with Gasteiger partial charge < -0.3 is 10.1 Å². The maximum absolute atomic E-state index is 13.2. The highest BCUT2D eigenvalue weighted by Gasteiger charge is 2.35. The van der Waals surface area contributed by atoms with Gasteiger partial charge in [-0.3, -0.25) is 9.10 Å². The van der Waals surface area contributed by atoms with Crippen LogP contribution < -0.4 is 14.4 Å². The van der Waals surface area contributed by atoms with Gasteiger partial charge in [-0.25, -0.2) is 8.42 Å². The molecule has 0 saturated carbocycles. The summed E-state index contributed by atoms with van der Waals surface area (Å²) >= 11 is 6.14. The van der Waals surface area contributed by atoms with Crippen molar-refractivity contribution in [3.63, 3.8) is 0 Å². The minimum absolute atomic E-state index is 0.143. The summed E-state index contributed by atoms with van der Waals surface area (Å²) in [7, 11) is -2.38. The van der Waals surface area contributed by atoms with Crippen molar-refractivity contribution in [3.05, 3.63) is 71.8 Å². The topological polar surface area (TPSA) is 75.7 Å². The fourth-order valence-corrected chi connectivity index (χ4v) is 5.13. The van der Waals surface area contributed by atoms with E-state index in [2.05, 4.69) is 5.32 Å². The Morgan fingerprint density at radius 2 is 1.83 bits per heavy atom. The quantitative estimate of drug-likeness (QED) is 0.676. The molecule has 6 nitrogen and oxygen atoms in total. The number of sulfonamides is 1. The predicted octanol–water partition coefficient (Wildman–Crippen LogP) is 4.16. The van der Waals surface area contributed by atoms with Crippen molar-refractivity contribution in [2.75, 3.05) is 23.3 Å². The Morgan fingerprint density at radius 1 is 1.03 bits per heavy atom. The van der Waals surface area contributed by atoms with Gasteiger partial charge in [-0.2, -0.15) is 0 Å². The zero-order valence-corrected chi connectivity index (χ0v) is 17.0. The number of benzene rings is 3. The SMILES string of the molecule is COc1cccc(NC(=O)CN2c3ccc(Cl)cc3-c3ccccc3S2(=O)=O)c1. The van der Waals surface area contributed by atoms with Crippen LogP contribution in [-0.2, 0) is 14.8 Å². The van der Waals surface area contributed by atoms with Gasteiger partial charge in [0.25, 0.3) is 10.0 Å². The summed E-state index contributed by atoms with van der Waals surface area (Å²) in [6.45, 7) is -0.373. The molecule has 4 rings (SSSR count). The first-order valence-electron chi connectivity index (χ1n) is 8.76. The molecule has 1 aliphatic rings. The molecule has 0 atom stereocenters. The molecule has 0 bridgehead atoms. The summed E-state index contributed by atoms with van der Waals surface area (Å²) in [6.07, 6.45) is 0. The molecule has 0 spiro atoms. The number of methoxy groups -OCH3 is 1. The number of hydrogen-bond donors (Lipinski definition) is 1. The molecule has 1 N–H and O–H groups in total. The van der Waals surface area contributed by atoms with Crippen LogP contribution in [0, 0.1) is 0 Å². The van der Waals surface area contributed by atoms with E-state index in [0.29, 0.717) is 33.3 Å². The van der Waals surface area contributed by atoms with E-state index < -0.39 is 15.9 Å². The van der Waals surface area contributed by atoms with Crippen molar-refractivity contribution >= 4 is 38.9 Å². The molecule has 0 radical (unpaired) electrons. The number of amides is 1. The largest absolute Gasteiger partial charge is 0.497 e. The van der Waals surface area contributed by atoms with E-state index in [1.54, 1.807) is 60.7 Å². The Balaban J connectivity index is 1.71. The molecular formula is C21H17ClN2O4S. The number of hydrogen-bond acceptors (Lipinski definition) is 4. The third-order valence-corrected chi connectivity index (χ3v) is 6.67. The number of anilines is 2. The minimum Gasteiger partial charge on any atom is -0.497 e. The van der Waals surface area contributed by atoms with Gasteiger partial charge >= 0.3 is 0 Å². The second-order valence-electron chi connectivity index (χ2n) is 6.45. The molecule has 1 heterocycles. The zero-order chi connectivity index (χ0) is 20.6. The van der Waals surface area contributed by atoms with Crippen molar-refractivity contribution in [1.29, 1.82) is 0 Å². The van der Waals surface area contributed by atoms with Crippen LogP contribution in [0.5, 0.6) is 5.75 Å². The molecule has 0 fully saturated rings. The van der Waals surface area contributed by atoms with E-state index in [4.69, 9.17) is 16.3 Å². The molecule has 0 aromatic heterocycles. The van der Waals surface area contributed by atoms with Gasteiger partial charge in [0.15, 0.2) is 0 Å². The monoisotopic (exact) mass is 428 g/mol. The summed E-state index contributed by atoms with van der Waals surface area (Å²) in [5, 5.41) is 3.20. The van der Waals surface area contributed by atoms with E-state index in [1.807, 2.05) is 0 Å². The number of carbonyl (C=O) groups is 1. The van der Waals surface area contributed by atoms with Crippen LogP contribution in [0.2, 0.25) is 5.02 Å². The highest BCUT2D eigenvalue weighted by molar-refractivity contribution is 7.93. The zero-order valence-electron chi connectivity index (χ0n) is 15.4. The van der Waals surface area contributed by atoms with Crippen LogP contribution in [0.25, 0.3) is 11.1 Å². The number of carbonyl (C=O) groups excluding carboxylic acids is 1. The first-order chi connectivity index (χ1) is 13.9. The van der Waals surface area contributed by atoms with E-state index >= 15 is 0 Å². The predicted molar refractivity (Wildman–Crippen MR) is 113 cm³/mol. The molecule has 0 aliphatic carbocycles. The van der Waals surface area contributed by atoms with Crippen LogP contribution in [0.1, 0.15) is 0 Å². The average Bonchev–Trinajstić information content (AvgIpc) is 2.71. The number of ether oxygens (including phenoxy) is 1. The van der Waals surface area contributed by atoms with Crippen LogP contribution in [0.3, 0.4) is 0 Å². The van der Waals surface area contributed by atoms with Gasteiger partial charge in [-0.15, -0.1) is 0 Å². The summed E-state index contributed by atoms with van der Waals surface area (Å²) in [4.78, 5) is 12.8. The van der Waals surface area contributed by atoms with Gasteiger partial charge in [0.2, 0.25) is 5.91 Å². The number of nitrogens with one attached hydrogen (secondary N) is 1. The number of rotatable bonds is 4. The Hall–Kier alpha value is -3.03. The Kier molecular flexibility index (Phi) is 4.94. The molecule has 0 unspecified atom stereocenters. The van der Waals surface area contributed by atoms with Crippen molar-refractivity contribution in [2.45, 2.75) is 4.90 Å². The lowest BCUT2D eigenvalue weighted by Crippen LogP contribution is -2.40. The summed E-state index contributed by atoms with van der Waals surface area (Å²) in [5.41, 5.74) is 2.15. The lowest BCUT2D eigenvalue weighted by atomic mass is 10.0.